The molecule has 2 heteroatoms. The molecule has 2 N–H and O–H groups in total. The van der Waals surface area contributed by atoms with Crippen LogP contribution in [0.15, 0.2) is 23.8 Å². The topological polar surface area (TPSA) is 38.5 Å². The molecule has 0 saturated carbocycles. The summed E-state index contributed by atoms with van der Waals surface area (Å²) in [6.45, 7) is 0.630. The third-order valence-electron chi connectivity index (χ3n) is 1.74. The first kappa shape index (κ1) is 5.21. The normalized spacial score (nSPS) is 37.7. The van der Waals surface area contributed by atoms with Gasteiger partial charge in [0.25, 0.3) is 0 Å². The van der Waals surface area contributed by atoms with Gasteiger partial charge in [0.1, 0.15) is 12.2 Å². The van der Waals surface area contributed by atoms with E-state index in [9.17, 15) is 0 Å². The molecular formula is C7H9NO. The van der Waals surface area contributed by atoms with Crippen LogP contribution in [-0.4, -0.2) is 18.8 Å². The quantitative estimate of drug-likeness (QED) is 0.506. The Balaban J connectivity index is 2.20. The molecule has 0 aromatic carbocycles. The minimum Gasteiger partial charge on any atom is -0.360 e. The lowest BCUT2D eigenvalue weighted by Gasteiger charge is -1.98. The van der Waals surface area contributed by atoms with Crippen LogP contribution in [0.3, 0.4) is 0 Å². The van der Waals surface area contributed by atoms with E-state index in [1.54, 1.807) is 0 Å². The Labute approximate surface area is 54.0 Å². The Morgan fingerprint density at radius 1 is 1.67 bits per heavy atom. The number of fused-ring (bicyclic) bond motifs is 1. The summed E-state index contributed by atoms with van der Waals surface area (Å²) in [7, 11) is 0. The van der Waals surface area contributed by atoms with Gasteiger partial charge in [0, 0.05) is 6.54 Å². The molecule has 1 aliphatic heterocycles. The lowest BCUT2D eigenvalue weighted by molar-refractivity contribution is 0.407. The van der Waals surface area contributed by atoms with Crippen LogP contribution in [0.25, 0.3) is 0 Å². The zero-order valence-electron chi connectivity index (χ0n) is 5.08. The molecular weight excluding hydrogens is 114 g/mol. The third kappa shape index (κ3) is 0.713. The van der Waals surface area contributed by atoms with E-state index in [1.807, 2.05) is 12.2 Å². The summed E-state index contributed by atoms with van der Waals surface area (Å²) < 4.78 is 5.25. The molecule has 0 amide bonds. The van der Waals surface area contributed by atoms with E-state index in [0.29, 0.717) is 18.8 Å². The molecule has 1 saturated heterocycles. The number of hydrogen-bond donors (Lipinski definition) is 1. The molecule has 9 heavy (non-hydrogen) atoms. The highest BCUT2D eigenvalue weighted by Gasteiger charge is 2.40. The second-order valence-electron chi connectivity index (χ2n) is 2.35. The van der Waals surface area contributed by atoms with E-state index >= 15 is 0 Å². The molecule has 1 heterocycles. The minimum absolute atomic E-state index is 0.333. The summed E-state index contributed by atoms with van der Waals surface area (Å²) in [5, 5.41) is 0. The Hall–Kier alpha value is -0.600. The summed E-state index contributed by atoms with van der Waals surface area (Å²) in [4.78, 5) is 0. The zero-order valence-corrected chi connectivity index (χ0v) is 5.08. The van der Waals surface area contributed by atoms with Crippen molar-refractivity contribution in [1.82, 2.24) is 0 Å². The molecule has 48 valence electrons. The van der Waals surface area contributed by atoms with Gasteiger partial charge in [0.05, 0.1) is 0 Å². The van der Waals surface area contributed by atoms with E-state index in [1.165, 1.54) is 5.57 Å². The first-order valence-electron chi connectivity index (χ1n) is 3.14. The van der Waals surface area contributed by atoms with Gasteiger partial charge in [0.2, 0.25) is 0 Å². The number of epoxide rings is 1. The molecule has 2 nitrogen and oxygen atoms in total. The molecule has 0 spiro atoms. The van der Waals surface area contributed by atoms with Crippen molar-refractivity contribution in [3.05, 3.63) is 23.8 Å². The van der Waals surface area contributed by atoms with Crippen molar-refractivity contribution >= 4 is 0 Å². The number of nitrogens with two attached hydrogens (primary N) is 1. The van der Waals surface area contributed by atoms with Gasteiger partial charge < -0.3 is 10.5 Å². The van der Waals surface area contributed by atoms with Crippen molar-refractivity contribution in [2.75, 3.05) is 6.54 Å². The lowest BCUT2D eigenvalue weighted by atomic mass is 10.1. The van der Waals surface area contributed by atoms with Gasteiger partial charge in [-0.1, -0.05) is 18.2 Å². The Morgan fingerprint density at radius 2 is 2.56 bits per heavy atom. The Bertz CT molecular complexity index is 183. The number of rotatable bonds is 1. The SMILES string of the molecule is NCC1=CC=CC2OC12. The molecule has 0 radical (unpaired) electrons. The van der Waals surface area contributed by atoms with Crippen molar-refractivity contribution in [1.29, 1.82) is 0 Å². The van der Waals surface area contributed by atoms with Crippen molar-refractivity contribution < 1.29 is 4.74 Å². The van der Waals surface area contributed by atoms with Crippen LogP contribution in [0.4, 0.5) is 0 Å². The summed E-state index contributed by atoms with van der Waals surface area (Å²) in [6, 6.07) is 0. The van der Waals surface area contributed by atoms with Crippen LogP contribution in [0.2, 0.25) is 0 Å². The van der Waals surface area contributed by atoms with Crippen LogP contribution >= 0.6 is 0 Å². The van der Waals surface area contributed by atoms with Crippen LogP contribution < -0.4 is 5.73 Å². The Morgan fingerprint density at radius 3 is 3.22 bits per heavy atom. The maximum atomic E-state index is 5.44. The standard InChI is InChI=1S/C7H9NO/c8-4-5-2-1-3-6-7(5)9-6/h1-3,6-7H,4,8H2. The minimum atomic E-state index is 0.333. The molecule has 0 aromatic rings. The summed E-state index contributed by atoms with van der Waals surface area (Å²) in [5.41, 5.74) is 6.66. The van der Waals surface area contributed by atoms with E-state index < -0.39 is 0 Å². The number of ether oxygens (including phenoxy) is 1. The summed E-state index contributed by atoms with van der Waals surface area (Å²) in [6.07, 6.45) is 6.79. The van der Waals surface area contributed by atoms with Crippen LogP contribution in [0, 0.1) is 0 Å². The van der Waals surface area contributed by atoms with Gasteiger partial charge >= 0.3 is 0 Å². The first-order valence-corrected chi connectivity index (χ1v) is 3.14. The average molecular weight is 123 g/mol. The highest BCUT2D eigenvalue weighted by molar-refractivity contribution is 5.32. The van der Waals surface area contributed by atoms with Gasteiger partial charge in [-0.05, 0) is 5.57 Å². The summed E-state index contributed by atoms with van der Waals surface area (Å²) >= 11 is 0. The molecule has 0 bridgehead atoms. The van der Waals surface area contributed by atoms with Crippen LogP contribution in [0.5, 0.6) is 0 Å². The van der Waals surface area contributed by atoms with Crippen molar-refractivity contribution in [2.24, 2.45) is 5.73 Å². The van der Waals surface area contributed by atoms with Crippen LogP contribution in [0.1, 0.15) is 0 Å². The Kier molecular flexibility index (Phi) is 0.976. The fourth-order valence-electron chi connectivity index (χ4n) is 1.14. The molecule has 2 aliphatic rings. The zero-order chi connectivity index (χ0) is 6.27. The van der Waals surface area contributed by atoms with Gasteiger partial charge in [-0.15, -0.1) is 0 Å². The van der Waals surface area contributed by atoms with Gasteiger partial charge in [-0.3, -0.25) is 0 Å². The van der Waals surface area contributed by atoms with Crippen molar-refractivity contribution in [3.8, 4) is 0 Å². The molecule has 2 unspecified atom stereocenters. The first-order chi connectivity index (χ1) is 4.42. The van der Waals surface area contributed by atoms with Gasteiger partial charge in [0.15, 0.2) is 0 Å². The number of hydrogen-bond acceptors (Lipinski definition) is 2. The molecule has 1 fully saturated rings. The predicted octanol–water partition coefficient (Wildman–Crippen LogP) is 0.209. The highest BCUT2D eigenvalue weighted by atomic mass is 16.6. The fourth-order valence-corrected chi connectivity index (χ4v) is 1.14. The predicted molar refractivity (Wildman–Crippen MR) is 34.9 cm³/mol. The van der Waals surface area contributed by atoms with Crippen molar-refractivity contribution in [3.63, 3.8) is 0 Å². The van der Waals surface area contributed by atoms with E-state index in [2.05, 4.69) is 6.08 Å². The third-order valence-corrected chi connectivity index (χ3v) is 1.74. The smallest absolute Gasteiger partial charge is 0.111 e. The number of allylic oxidation sites excluding steroid dienone is 2. The molecule has 0 aromatic heterocycles. The van der Waals surface area contributed by atoms with Gasteiger partial charge in [-0.2, -0.15) is 0 Å². The van der Waals surface area contributed by atoms with Crippen molar-refractivity contribution in [2.45, 2.75) is 12.2 Å². The fraction of sp³-hybridized carbons (Fsp3) is 0.429. The highest BCUT2D eigenvalue weighted by Crippen LogP contribution is 2.32. The average Bonchev–Trinajstić information content (AvgIpc) is 2.64. The van der Waals surface area contributed by atoms with E-state index in [-0.39, 0.29) is 0 Å². The van der Waals surface area contributed by atoms with E-state index in [0.717, 1.165) is 0 Å². The molecule has 2 rings (SSSR count). The molecule has 2 atom stereocenters. The van der Waals surface area contributed by atoms with E-state index in [4.69, 9.17) is 10.5 Å². The maximum absolute atomic E-state index is 5.44. The second kappa shape index (κ2) is 1.69. The molecule has 1 aliphatic carbocycles. The maximum Gasteiger partial charge on any atom is 0.111 e. The summed E-state index contributed by atoms with van der Waals surface area (Å²) in [5.74, 6) is 0. The van der Waals surface area contributed by atoms with Crippen LogP contribution in [-0.2, 0) is 4.74 Å². The second-order valence-corrected chi connectivity index (χ2v) is 2.35. The lowest BCUT2D eigenvalue weighted by Crippen LogP contribution is -2.10. The monoisotopic (exact) mass is 123 g/mol. The largest absolute Gasteiger partial charge is 0.360 e. The van der Waals surface area contributed by atoms with Gasteiger partial charge in [-0.25, -0.2) is 0 Å².